The number of nitrogens with zero attached hydrogens (tertiary/aromatic N) is 1. The summed E-state index contributed by atoms with van der Waals surface area (Å²) in [5.41, 5.74) is -0.496. The zero-order valence-electron chi connectivity index (χ0n) is 15.8. The second kappa shape index (κ2) is 8.49. The van der Waals surface area contributed by atoms with Gasteiger partial charge < -0.3 is 15.0 Å². The highest BCUT2D eigenvalue weighted by Gasteiger charge is 2.30. The van der Waals surface area contributed by atoms with Gasteiger partial charge in [-0.2, -0.15) is 13.2 Å². The van der Waals surface area contributed by atoms with Crippen LogP contribution in [0.2, 0.25) is 5.02 Å². The molecule has 2 N–H and O–H groups in total. The van der Waals surface area contributed by atoms with Crippen molar-refractivity contribution in [2.24, 2.45) is 0 Å². The second-order valence-corrected chi connectivity index (χ2v) is 7.33. The minimum atomic E-state index is -4.45. The maximum Gasteiger partial charge on any atom is 0.416 e. The third-order valence-electron chi connectivity index (χ3n) is 4.48. The molecule has 0 spiro atoms. The van der Waals surface area contributed by atoms with E-state index in [2.05, 4.69) is 5.32 Å². The summed E-state index contributed by atoms with van der Waals surface area (Å²) in [6, 6.07) is 8.93. The zero-order valence-corrected chi connectivity index (χ0v) is 16.6. The number of anilines is 1. The monoisotopic (exact) mass is 438 g/mol. The lowest BCUT2D eigenvalue weighted by molar-refractivity contribution is -0.137. The van der Waals surface area contributed by atoms with Gasteiger partial charge in [0.25, 0.3) is 5.56 Å². The summed E-state index contributed by atoms with van der Waals surface area (Å²) in [4.78, 5) is 25.1. The molecule has 3 aromatic rings. The van der Waals surface area contributed by atoms with Gasteiger partial charge in [-0.3, -0.25) is 9.59 Å². The summed E-state index contributed by atoms with van der Waals surface area (Å²) in [6.07, 6.45) is -3.82. The number of alkyl halides is 3. The molecule has 2 aromatic carbocycles. The van der Waals surface area contributed by atoms with Crippen molar-refractivity contribution < 1.29 is 23.1 Å². The third kappa shape index (κ3) is 4.83. The van der Waals surface area contributed by atoms with E-state index in [0.717, 1.165) is 12.1 Å². The normalized spacial score (nSPS) is 12.7. The van der Waals surface area contributed by atoms with Crippen LogP contribution in [0.4, 0.5) is 18.9 Å². The average Bonchev–Trinajstić information content (AvgIpc) is 2.65. The Kier molecular flexibility index (Phi) is 6.19. The Hall–Kier alpha value is -2.84. The Morgan fingerprint density at radius 3 is 2.40 bits per heavy atom. The molecule has 0 saturated heterocycles. The van der Waals surface area contributed by atoms with Crippen LogP contribution in [-0.4, -0.2) is 21.7 Å². The molecule has 0 bridgehead atoms. The Morgan fingerprint density at radius 2 is 1.80 bits per heavy atom. The molecule has 3 rings (SSSR count). The number of carbonyl (C=O) groups is 1. The van der Waals surface area contributed by atoms with Crippen LogP contribution in [0.3, 0.4) is 0 Å². The largest absolute Gasteiger partial charge is 0.416 e. The van der Waals surface area contributed by atoms with Crippen LogP contribution in [0.1, 0.15) is 18.1 Å². The molecule has 1 aromatic heterocycles. The van der Waals surface area contributed by atoms with Crippen molar-refractivity contribution in [3.63, 3.8) is 0 Å². The Balaban J connectivity index is 1.86. The number of aliphatic hydroxyl groups excluding tert-OH is 1. The first kappa shape index (κ1) is 21.9. The van der Waals surface area contributed by atoms with E-state index in [1.807, 2.05) is 0 Å². The van der Waals surface area contributed by atoms with Crippen LogP contribution in [0.5, 0.6) is 0 Å². The maximum atomic E-state index is 12.7. The molecule has 30 heavy (non-hydrogen) atoms. The fourth-order valence-corrected chi connectivity index (χ4v) is 3.29. The topological polar surface area (TPSA) is 71.3 Å². The Bertz CT molecular complexity index is 1140. The quantitative estimate of drug-likeness (QED) is 0.626. The van der Waals surface area contributed by atoms with Crippen molar-refractivity contribution in [2.45, 2.75) is 32.2 Å². The van der Waals surface area contributed by atoms with Gasteiger partial charge in [0.05, 0.1) is 35.3 Å². The number of benzene rings is 2. The summed E-state index contributed by atoms with van der Waals surface area (Å²) in [6.45, 7) is 1.68. The van der Waals surface area contributed by atoms with E-state index < -0.39 is 23.8 Å². The van der Waals surface area contributed by atoms with Gasteiger partial charge in [-0.15, -0.1) is 0 Å². The molecule has 0 fully saturated rings. The maximum absolute atomic E-state index is 12.7. The molecule has 1 amide bonds. The molecular weight excluding hydrogens is 421 g/mol. The highest BCUT2D eigenvalue weighted by molar-refractivity contribution is 6.35. The average molecular weight is 439 g/mol. The highest BCUT2D eigenvalue weighted by Crippen LogP contribution is 2.31. The Morgan fingerprint density at radius 1 is 1.13 bits per heavy atom. The zero-order chi connectivity index (χ0) is 22.1. The fourth-order valence-electron chi connectivity index (χ4n) is 3.08. The number of halogens is 4. The SMILES string of the molecule is CC(O)Cn1ccc2c(NC(=O)Cc3ccc(C(F)(F)F)cc3)c(Cl)ccc2c1=O. The first-order chi connectivity index (χ1) is 14.1. The summed E-state index contributed by atoms with van der Waals surface area (Å²) in [7, 11) is 0. The van der Waals surface area contributed by atoms with Crippen molar-refractivity contribution in [2.75, 3.05) is 5.32 Å². The molecule has 0 radical (unpaired) electrons. The first-order valence-corrected chi connectivity index (χ1v) is 9.40. The van der Waals surface area contributed by atoms with Crippen LogP contribution >= 0.6 is 11.6 Å². The van der Waals surface area contributed by atoms with Crippen molar-refractivity contribution >= 4 is 34.0 Å². The number of aromatic nitrogens is 1. The number of aliphatic hydroxyl groups is 1. The van der Waals surface area contributed by atoms with E-state index in [4.69, 9.17) is 11.6 Å². The van der Waals surface area contributed by atoms with Gasteiger partial charge in [0.15, 0.2) is 0 Å². The van der Waals surface area contributed by atoms with Gasteiger partial charge >= 0.3 is 6.18 Å². The smallest absolute Gasteiger partial charge is 0.392 e. The van der Waals surface area contributed by atoms with Gasteiger partial charge in [-0.1, -0.05) is 23.7 Å². The predicted octanol–water partition coefficient (Wildman–Crippen LogP) is 4.24. The molecule has 1 unspecified atom stereocenters. The fraction of sp³-hybridized carbons (Fsp3) is 0.238. The molecular formula is C21H18ClF3N2O3. The van der Waals surface area contributed by atoms with Crippen molar-refractivity contribution in [3.05, 3.63) is 75.2 Å². The molecule has 0 aliphatic rings. The van der Waals surface area contributed by atoms with Gasteiger partial charge in [-0.05, 0) is 42.8 Å². The lowest BCUT2D eigenvalue weighted by Gasteiger charge is -2.14. The first-order valence-electron chi connectivity index (χ1n) is 9.02. The summed E-state index contributed by atoms with van der Waals surface area (Å²) in [5, 5.41) is 13.1. The van der Waals surface area contributed by atoms with E-state index in [0.29, 0.717) is 16.3 Å². The van der Waals surface area contributed by atoms with Crippen LogP contribution < -0.4 is 10.9 Å². The molecule has 0 saturated carbocycles. The van der Waals surface area contributed by atoms with Crippen LogP contribution in [0.25, 0.3) is 10.8 Å². The van der Waals surface area contributed by atoms with E-state index in [1.54, 1.807) is 13.0 Å². The predicted molar refractivity (Wildman–Crippen MR) is 109 cm³/mol. The van der Waals surface area contributed by atoms with Crippen LogP contribution in [0, 0.1) is 0 Å². The molecule has 1 atom stereocenters. The second-order valence-electron chi connectivity index (χ2n) is 6.93. The lowest BCUT2D eigenvalue weighted by Crippen LogP contribution is -2.25. The summed E-state index contributed by atoms with van der Waals surface area (Å²) in [5.74, 6) is -0.489. The van der Waals surface area contributed by atoms with Crippen LogP contribution in [-0.2, 0) is 23.9 Å². The van der Waals surface area contributed by atoms with E-state index >= 15 is 0 Å². The number of pyridine rings is 1. The number of amides is 1. The lowest BCUT2D eigenvalue weighted by atomic mass is 10.1. The number of hydrogen-bond donors (Lipinski definition) is 2. The third-order valence-corrected chi connectivity index (χ3v) is 4.79. The van der Waals surface area contributed by atoms with E-state index in [1.165, 1.54) is 35.0 Å². The molecule has 1 heterocycles. The number of nitrogens with one attached hydrogen (secondary N) is 1. The molecule has 158 valence electrons. The van der Waals surface area contributed by atoms with Gasteiger partial charge in [0.2, 0.25) is 5.91 Å². The standard InChI is InChI=1S/C21H18ClF3N2O3/c1-12(28)11-27-9-8-15-16(20(27)30)6-7-17(22)19(15)26-18(29)10-13-2-4-14(5-3-13)21(23,24)25/h2-9,12,28H,10-11H2,1H3,(H,26,29). The van der Waals surface area contributed by atoms with E-state index in [9.17, 15) is 27.9 Å². The van der Waals surface area contributed by atoms with E-state index in [-0.39, 0.29) is 29.2 Å². The molecule has 9 heteroatoms. The summed E-state index contributed by atoms with van der Waals surface area (Å²) >= 11 is 6.21. The summed E-state index contributed by atoms with van der Waals surface area (Å²) < 4.78 is 39.3. The van der Waals surface area contributed by atoms with Crippen molar-refractivity contribution in [1.82, 2.24) is 4.57 Å². The van der Waals surface area contributed by atoms with Gasteiger partial charge in [-0.25, -0.2) is 0 Å². The van der Waals surface area contributed by atoms with Gasteiger partial charge in [0, 0.05) is 17.0 Å². The Labute approximate surface area is 174 Å². The van der Waals surface area contributed by atoms with Crippen LogP contribution in [0.15, 0.2) is 53.5 Å². The molecule has 5 nitrogen and oxygen atoms in total. The van der Waals surface area contributed by atoms with Crippen molar-refractivity contribution in [3.8, 4) is 0 Å². The minimum absolute atomic E-state index is 0.118. The molecule has 0 aliphatic heterocycles. The molecule has 0 aliphatic carbocycles. The number of rotatable bonds is 5. The number of hydrogen-bond acceptors (Lipinski definition) is 3. The minimum Gasteiger partial charge on any atom is -0.392 e. The highest BCUT2D eigenvalue weighted by atomic mass is 35.5. The number of carbonyl (C=O) groups excluding carboxylic acids is 1. The van der Waals surface area contributed by atoms with Crippen molar-refractivity contribution in [1.29, 1.82) is 0 Å². The van der Waals surface area contributed by atoms with Gasteiger partial charge in [0.1, 0.15) is 0 Å². The number of fused-ring (bicyclic) bond motifs is 1.